The largest absolute Gasteiger partial charge is 0.463 e. The van der Waals surface area contributed by atoms with E-state index >= 15 is 0 Å². The van der Waals surface area contributed by atoms with E-state index in [4.69, 9.17) is 18.9 Å². The van der Waals surface area contributed by atoms with Gasteiger partial charge < -0.3 is 18.9 Å². The van der Waals surface area contributed by atoms with Crippen LogP contribution in [0.3, 0.4) is 0 Å². The van der Waals surface area contributed by atoms with E-state index in [2.05, 4.69) is 15.9 Å². The summed E-state index contributed by atoms with van der Waals surface area (Å²) in [4.78, 5) is 61.9. The van der Waals surface area contributed by atoms with Crippen LogP contribution in [0.1, 0.15) is 41.5 Å². The Hall–Kier alpha value is -2.79. The molecule has 166 valence electrons. The molecule has 0 spiro atoms. The van der Waals surface area contributed by atoms with E-state index < -0.39 is 59.1 Å². The molecule has 2 heterocycles. The number of hydrogen-bond donors (Lipinski definition) is 0. The number of carbonyl (C=O) groups is 5. The number of halogens is 1. The fourth-order valence-corrected chi connectivity index (χ4v) is 4.43. The van der Waals surface area contributed by atoms with E-state index in [0.717, 1.165) is 18.7 Å². The molecule has 5 atom stereocenters. The van der Waals surface area contributed by atoms with Crippen LogP contribution in [0.25, 0.3) is 0 Å². The van der Waals surface area contributed by atoms with Gasteiger partial charge in [0, 0.05) is 20.8 Å². The number of amides is 2. The molecule has 0 aromatic heterocycles. The number of benzene rings is 1. The summed E-state index contributed by atoms with van der Waals surface area (Å²) in [5.74, 6) is -3.24. The van der Waals surface area contributed by atoms with Gasteiger partial charge in [-0.05, 0) is 12.1 Å². The number of ether oxygens (including phenoxy) is 4. The summed E-state index contributed by atoms with van der Waals surface area (Å²) < 4.78 is 21.5. The molecule has 0 bridgehead atoms. The number of fused-ring (bicyclic) bond motifs is 1. The average molecular weight is 498 g/mol. The smallest absolute Gasteiger partial charge is 0.303 e. The van der Waals surface area contributed by atoms with E-state index in [1.807, 2.05) is 0 Å². The van der Waals surface area contributed by atoms with Crippen LogP contribution in [0.4, 0.5) is 0 Å². The van der Waals surface area contributed by atoms with Crippen LogP contribution < -0.4 is 0 Å². The molecule has 31 heavy (non-hydrogen) atoms. The predicted octanol–water partition coefficient (Wildman–Crippen LogP) is 1.20. The first kappa shape index (κ1) is 22.9. The second-order valence-electron chi connectivity index (χ2n) is 6.99. The third kappa shape index (κ3) is 4.62. The number of alkyl halides is 1. The zero-order valence-electron chi connectivity index (χ0n) is 16.9. The molecule has 0 N–H and O–H groups in total. The molecule has 10 nitrogen and oxygen atoms in total. The maximum Gasteiger partial charge on any atom is 0.303 e. The molecule has 11 heteroatoms. The van der Waals surface area contributed by atoms with Crippen LogP contribution in [0, 0.1) is 0 Å². The number of nitrogens with zero attached hydrogens (tertiary/aromatic N) is 1. The van der Waals surface area contributed by atoms with Crippen molar-refractivity contribution in [2.24, 2.45) is 0 Å². The first-order valence-corrected chi connectivity index (χ1v) is 10.3. The van der Waals surface area contributed by atoms with Crippen molar-refractivity contribution in [3.63, 3.8) is 0 Å². The van der Waals surface area contributed by atoms with Gasteiger partial charge in [0.05, 0.1) is 11.1 Å². The molecule has 1 saturated heterocycles. The lowest BCUT2D eigenvalue weighted by Gasteiger charge is -2.45. The van der Waals surface area contributed by atoms with Gasteiger partial charge >= 0.3 is 17.9 Å². The second-order valence-corrected chi connectivity index (χ2v) is 7.90. The predicted molar refractivity (Wildman–Crippen MR) is 106 cm³/mol. The fraction of sp³-hybridized carbons (Fsp3) is 0.450. The van der Waals surface area contributed by atoms with Crippen molar-refractivity contribution in [2.75, 3.05) is 6.61 Å². The molecule has 2 amide bonds. The maximum atomic E-state index is 13.0. The van der Waals surface area contributed by atoms with Crippen molar-refractivity contribution < 1.29 is 42.9 Å². The number of rotatable bonds is 5. The fourth-order valence-electron chi connectivity index (χ4n) is 3.62. The number of hydrogen-bond acceptors (Lipinski definition) is 9. The first-order chi connectivity index (χ1) is 14.6. The maximum absolute atomic E-state index is 13.0. The summed E-state index contributed by atoms with van der Waals surface area (Å²) in [6.07, 6.45) is -3.54. The van der Waals surface area contributed by atoms with Crippen LogP contribution in [0.15, 0.2) is 24.3 Å². The Labute approximate surface area is 185 Å². The van der Waals surface area contributed by atoms with Gasteiger partial charge in [-0.3, -0.25) is 28.9 Å². The van der Waals surface area contributed by atoms with Crippen molar-refractivity contribution in [2.45, 2.75) is 50.1 Å². The summed E-state index contributed by atoms with van der Waals surface area (Å²) in [6.45, 7) is 3.18. The lowest BCUT2D eigenvalue weighted by Crippen LogP contribution is -2.65. The van der Waals surface area contributed by atoms with Crippen molar-refractivity contribution in [1.29, 1.82) is 0 Å². The van der Waals surface area contributed by atoms with Gasteiger partial charge in [0.2, 0.25) is 0 Å². The summed E-state index contributed by atoms with van der Waals surface area (Å²) in [5, 5.41) is -1.01. The molecule has 2 aliphatic heterocycles. The van der Waals surface area contributed by atoms with Crippen LogP contribution in [-0.4, -0.2) is 70.6 Å². The van der Waals surface area contributed by atoms with Gasteiger partial charge in [0.25, 0.3) is 11.8 Å². The van der Waals surface area contributed by atoms with E-state index in [1.165, 1.54) is 19.1 Å². The molecular formula is C20H20BrNO9. The Morgan fingerprint density at radius 3 is 1.94 bits per heavy atom. The number of carbonyl (C=O) groups excluding carboxylic acids is 5. The van der Waals surface area contributed by atoms with Gasteiger partial charge in [-0.2, -0.15) is 0 Å². The van der Waals surface area contributed by atoms with Crippen molar-refractivity contribution in [1.82, 2.24) is 4.90 Å². The molecule has 2 aliphatic rings. The van der Waals surface area contributed by atoms with Crippen LogP contribution in [0.5, 0.6) is 0 Å². The quantitative estimate of drug-likeness (QED) is 0.255. The van der Waals surface area contributed by atoms with Gasteiger partial charge in [-0.15, -0.1) is 0 Å². The molecule has 1 fully saturated rings. The molecule has 1 aromatic rings. The Kier molecular flexibility index (Phi) is 6.75. The summed E-state index contributed by atoms with van der Waals surface area (Å²) in [5.41, 5.74) is 0.389. The zero-order chi connectivity index (χ0) is 22.9. The van der Waals surface area contributed by atoms with E-state index in [0.29, 0.717) is 0 Å². The minimum absolute atomic E-state index is 0.194. The van der Waals surface area contributed by atoms with E-state index in [1.54, 1.807) is 12.1 Å². The van der Waals surface area contributed by atoms with Crippen molar-refractivity contribution >= 4 is 45.7 Å². The Morgan fingerprint density at radius 2 is 1.45 bits per heavy atom. The monoisotopic (exact) mass is 497 g/mol. The lowest BCUT2D eigenvalue weighted by atomic mass is 9.96. The standard InChI is InChI=1S/C20H20BrNO9/c1-9(23)28-8-14-16(29-10(2)24)17(30-11(3)25)15(18(21)31-14)22-19(26)12-6-4-5-7-13(12)20(22)27/h4-7,14-18H,8H2,1-3H3. The normalized spacial score (nSPS) is 27.5. The van der Waals surface area contributed by atoms with Crippen LogP contribution >= 0.6 is 15.9 Å². The molecule has 0 saturated carbocycles. The molecule has 0 aliphatic carbocycles. The van der Waals surface area contributed by atoms with Gasteiger partial charge in [-0.25, -0.2) is 0 Å². The number of esters is 3. The highest BCUT2D eigenvalue weighted by Gasteiger charge is 2.56. The lowest BCUT2D eigenvalue weighted by molar-refractivity contribution is -0.216. The van der Waals surface area contributed by atoms with Gasteiger partial charge in [0.1, 0.15) is 23.8 Å². The first-order valence-electron chi connectivity index (χ1n) is 9.36. The van der Waals surface area contributed by atoms with Crippen molar-refractivity contribution in [3.8, 4) is 0 Å². The third-order valence-corrected chi connectivity index (χ3v) is 5.54. The Bertz CT molecular complexity index is 898. The average Bonchev–Trinajstić information content (AvgIpc) is 2.93. The highest BCUT2D eigenvalue weighted by atomic mass is 79.9. The van der Waals surface area contributed by atoms with Crippen LogP contribution in [-0.2, 0) is 33.3 Å². The van der Waals surface area contributed by atoms with E-state index in [9.17, 15) is 24.0 Å². The molecule has 0 radical (unpaired) electrons. The Balaban J connectivity index is 2.01. The molecule has 3 rings (SSSR count). The van der Waals surface area contributed by atoms with Crippen molar-refractivity contribution in [3.05, 3.63) is 35.4 Å². The highest BCUT2D eigenvalue weighted by Crippen LogP contribution is 2.36. The third-order valence-electron chi connectivity index (χ3n) is 4.78. The van der Waals surface area contributed by atoms with Gasteiger partial charge in [-0.1, -0.05) is 28.1 Å². The highest BCUT2D eigenvalue weighted by molar-refractivity contribution is 9.09. The summed E-state index contributed by atoms with van der Waals surface area (Å²) in [6, 6.07) is 5.11. The molecule has 5 unspecified atom stereocenters. The van der Waals surface area contributed by atoms with E-state index in [-0.39, 0.29) is 17.7 Å². The second kappa shape index (κ2) is 9.15. The Morgan fingerprint density at radius 1 is 0.935 bits per heavy atom. The number of imide groups is 1. The minimum atomic E-state index is -1.28. The van der Waals surface area contributed by atoms with Crippen LogP contribution in [0.2, 0.25) is 0 Å². The summed E-state index contributed by atoms with van der Waals surface area (Å²) >= 11 is 3.30. The molecule has 1 aromatic carbocycles. The minimum Gasteiger partial charge on any atom is -0.463 e. The summed E-state index contributed by atoms with van der Waals surface area (Å²) in [7, 11) is 0. The topological polar surface area (TPSA) is 126 Å². The van der Waals surface area contributed by atoms with Gasteiger partial charge in [0.15, 0.2) is 12.2 Å². The SMILES string of the molecule is CC(=O)OCC1OC(Br)C(N2C(=O)c3ccccc3C2=O)C(OC(C)=O)C1OC(C)=O. The zero-order valence-corrected chi connectivity index (χ0v) is 18.5. The molecular weight excluding hydrogens is 478 g/mol.